The number of aryl methyl sites for hydroxylation is 1. The molecule has 0 saturated carbocycles. The van der Waals surface area contributed by atoms with Crippen molar-refractivity contribution >= 4 is 0 Å². The molecule has 84 valence electrons. The molecule has 0 aliphatic carbocycles. The van der Waals surface area contributed by atoms with Gasteiger partial charge in [0.2, 0.25) is 0 Å². The van der Waals surface area contributed by atoms with Crippen LogP contribution in [-0.2, 0) is 6.61 Å². The smallest absolute Gasteiger partial charge is 0.0998 e. The summed E-state index contributed by atoms with van der Waals surface area (Å²) in [4.78, 5) is 0. The monoisotopic (exact) mass is 223 g/mol. The summed E-state index contributed by atoms with van der Waals surface area (Å²) in [5.74, 6) is 0. The molecule has 1 N–H and O–H groups in total. The van der Waals surface area contributed by atoms with Gasteiger partial charge in [-0.3, -0.25) is 0 Å². The highest BCUT2D eigenvalue weighted by atomic mass is 16.3. The Bertz CT molecular complexity index is 582. The Morgan fingerprint density at radius 1 is 1.12 bits per heavy atom. The fourth-order valence-corrected chi connectivity index (χ4v) is 1.89. The molecule has 0 aromatic heterocycles. The quantitative estimate of drug-likeness (QED) is 0.850. The van der Waals surface area contributed by atoms with Gasteiger partial charge in [0, 0.05) is 5.56 Å². The molecule has 0 spiro atoms. The Morgan fingerprint density at radius 2 is 1.88 bits per heavy atom. The summed E-state index contributed by atoms with van der Waals surface area (Å²) < 4.78 is 0. The van der Waals surface area contributed by atoms with Crippen LogP contribution in [0.15, 0.2) is 42.5 Å². The first-order chi connectivity index (χ1) is 8.26. The highest BCUT2D eigenvalue weighted by Gasteiger charge is 2.07. The number of hydrogen-bond acceptors (Lipinski definition) is 2. The van der Waals surface area contributed by atoms with E-state index in [1.54, 1.807) is 12.1 Å². The van der Waals surface area contributed by atoms with Crippen molar-refractivity contribution < 1.29 is 5.11 Å². The Kier molecular flexibility index (Phi) is 3.22. The van der Waals surface area contributed by atoms with Crippen LogP contribution < -0.4 is 0 Å². The van der Waals surface area contributed by atoms with Crippen molar-refractivity contribution in [2.45, 2.75) is 13.5 Å². The van der Waals surface area contributed by atoms with Crippen LogP contribution in [0.25, 0.3) is 11.1 Å². The van der Waals surface area contributed by atoms with Gasteiger partial charge in [-0.15, -0.1) is 0 Å². The zero-order chi connectivity index (χ0) is 12.3. The fourth-order valence-electron chi connectivity index (χ4n) is 1.89. The van der Waals surface area contributed by atoms with Gasteiger partial charge in [-0.25, -0.2) is 0 Å². The van der Waals surface area contributed by atoms with E-state index in [0.29, 0.717) is 5.56 Å². The maximum Gasteiger partial charge on any atom is 0.0998 e. The lowest BCUT2D eigenvalue weighted by molar-refractivity contribution is 0.282. The molecule has 2 nitrogen and oxygen atoms in total. The van der Waals surface area contributed by atoms with Gasteiger partial charge >= 0.3 is 0 Å². The Labute approximate surface area is 101 Å². The first-order valence-corrected chi connectivity index (χ1v) is 5.46. The first kappa shape index (κ1) is 11.4. The predicted octanol–water partition coefficient (Wildman–Crippen LogP) is 3.03. The lowest BCUT2D eigenvalue weighted by Gasteiger charge is -2.09. The molecule has 17 heavy (non-hydrogen) atoms. The molecule has 0 heterocycles. The van der Waals surface area contributed by atoms with Crippen LogP contribution in [-0.4, -0.2) is 5.11 Å². The fraction of sp³-hybridized carbons (Fsp3) is 0.133. The van der Waals surface area contributed by atoms with Crippen molar-refractivity contribution in [2.24, 2.45) is 0 Å². The minimum absolute atomic E-state index is 0.00934. The second kappa shape index (κ2) is 4.82. The number of aliphatic hydroxyl groups excluding tert-OH is 1. The summed E-state index contributed by atoms with van der Waals surface area (Å²) >= 11 is 0. The topological polar surface area (TPSA) is 44.0 Å². The van der Waals surface area contributed by atoms with E-state index in [4.69, 9.17) is 10.4 Å². The number of aliphatic hydroxyl groups is 1. The molecule has 0 aliphatic heterocycles. The molecule has 0 unspecified atom stereocenters. The van der Waals surface area contributed by atoms with Gasteiger partial charge in [-0.05, 0) is 35.7 Å². The normalized spacial score (nSPS) is 9.94. The van der Waals surface area contributed by atoms with Gasteiger partial charge in [-0.2, -0.15) is 5.26 Å². The number of hydrogen-bond donors (Lipinski definition) is 1. The zero-order valence-electron chi connectivity index (χ0n) is 9.64. The van der Waals surface area contributed by atoms with E-state index >= 15 is 0 Å². The van der Waals surface area contributed by atoms with Crippen molar-refractivity contribution in [1.29, 1.82) is 5.26 Å². The standard InChI is InChI=1S/C15H13NO/c1-11-4-2-3-5-14(11)15-8-12(10-17)6-7-13(15)9-16/h2-8,17H,10H2,1H3. The zero-order valence-corrected chi connectivity index (χ0v) is 9.64. The number of rotatable bonds is 2. The summed E-state index contributed by atoms with van der Waals surface area (Å²) in [6.45, 7) is 2.01. The molecule has 2 heteroatoms. The van der Waals surface area contributed by atoms with Gasteiger partial charge in [-0.1, -0.05) is 30.3 Å². The summed E-state index contributed by atoms with van der Waals surface area (Å²) in [6.07, 6.45) is 0. The van der Waals surface area contributed by atoms with Crippen LogP contribution in [0.1, 0.15) is 16.7 Å². The van der Waals surface area contributed by atoms with Gasteiger partial charge in [0.1, 0.15) is 0 Å². The minimum Gasteiger partial charge on any atom is -0.392 e. The van der Waals surface area contributed by atoms with Crippen molar-refractivity contribution in [3.63, 3.8) is 0 Å². The Balaban J connectivity index is 2.66. The van der Waals surface area contributed by atoms with Crippen LogP contribution in [0.2, 0.25) is 0 Å². The van der Waals surface area contributed by atoms with Crippen LogP contribution >= 0.6 is 0 Å². The molecular formula is C15H13NO. The maximum atomic E-state index is 9.16. The molecule has 2 aromatic carbocycles. The van der Waals surface area contributed by atoms with Gasteiger partial charge in [0.05, 0.1) is 18.2 Å². The van der Waals surface area contributed by atoms with Crippen LogP contribution in [0, 0.1) is 18.3 Å². The second-order valence-corrected chi connectivity index (χ2v) is 3.96. The first-order valence-electron chi connectivity index (χ1n) is 5.46. The van der Waals surface area contributed by atoms with Gasteiger partial charge < -0.3 is 5.11 Å². The van der Waals surface area contributed by atoms with Gasteiger partial charge in [0.15, 0.2) is 0 Å². The SMILES string of the molecule is Cc1ccccc1-c1cc(CO)ccc1C#N. The predicted molar refractivity (Wildman–Crippen MR) is 67.3 cm³/mol. The number of benzene rings is 2. The molecular weight excluding hydrogens is 210 g/mol. The van der Waals surface area contributed by atoms with E-state index in [9.17, 15) is 0 Å². The van der Waals surface area contributed by atoms with Crippen LogP contribution in [0.5, 0.6) is 0 Å². The highest BCUT2D eigenvalue weighted by Crippen LogP contribution is 2.27. The summed E-state index contributed by atoms with van der Waals surface area (Å²) in [6, 6.07) is 15.5. The average Bonchev–Trinajstić information content (AvgIpc) is 2.38. The summed E-state index contributed by atoms with van der Waals surface area (Å²) in [5.41, 5.74) is 4.51. The van der Waals surface area contributed by atoms with E-state index in [0.717, 1.165) is 22.3 Å². The van der Waals surface area contributed by atoms with Crippen LogP contribution in [0.3, 0.4) is 0 Å². The minimum atomic E-state index is -0.00934. The summed E-state index contributed by atoms with van der Waals surface area (Å²) in [7, 11) is 0. The molecule has 2 aromatic rings. The number of nitriles is 1. The third-order valence-corrected chi connectivity index (χ3v) is 2.82. The van der Waals surface area contributed by atoms with E-state index in [2.05, 4.69) is 6.07 Å². The molecule has 0 bridgehead atoms. The lowest BCUT2D eigenvalue weighted by Crippen LogP contribution is -1.91. The Morgan fingerprint density at radius 3 is 2.53 bits per heavy atom. The average molecular weight is 223 g/mol. The van der Waals surface area contributed by atoms with Crippen molar-refractivity contribution in [2.75, 3.05) is 0 Å². The Hall–Kier alpha value is -2.11. The number of nitrogens with zero attached hydrogens (tertiary/aromatic N) is 1. The molecule has 0 aliphatic rings. The van der Waals surface area contributed by atoms with Crippen molar-refractivity contribution in [1.82, 2.24) is 0 Å². The molecule has 0 saturated heterocycles. The third-order valence-electron chi connectivity index (χ3n) is 2.82. The molecule has 0 radical (unpaired) electrons. The van der Waals surface area contributed by atoms with Gasteiger partial charge in [0.25, 0.3) is 0 Å². The van der Waals surface area contributed by atoms with Crippen molar-refractivity contribution in [3.8, 4) is 17.2 Å². The molecule has 0 fully saturated rings. The maximum absolute atomic E-state index is 9.16. The van der Waals surface area contributed by atoms with E-state index in [1.165, 1.54) is 0 Å². The summed E-state index contributed by atoms with van der Waals surface area (Å²) in [5, 5.41) is 18.3. The lowest BCUT2D eigenvalue weighted by atomic mass is 9.95. The van der Waals surface area contributed by atoms with Crippen LogP contribution in [0.4, 0.5) is 0 Å². The van der Waals surface area contributed by atoms with E-state index in [-0.39, 0.29) is 6.61 Å². The highest BCUT2D eigenvalue weighted by molar-refractivity contribution is 5.73. The second-order valence-electron chi connectivity index (χ2n) is 3.96. The van der Waals surface area contributed by atoms with E-state index in [1.807, 2.05) is 37.3 Å². The third kappa shape index (κ3) is 2.20. The molecule has 2 rings (SSSR count). The van der Waals surface area contributed by atoms with Crippen molar-refractivity contribution in [3.05, 3.63) is 59.2 Å². The van der Waals surface area contributed by atoms with E-state index < -0.39 is 0 Å². The largest absolute Gasteiger partial charge is 0.392 e. The molecule has 0 atom stereocenters. The molecule has 0 amide bonds.